The Morgan fingerprint density at radius 2 is 1.58 bits per heavy atom. The van der Waals surface area contributed by atoms with Crippen molar-refractivity contribution in [3.8, 4) is 23.0 Å². The normalized spacial score (nSPS) is 21.7. The number of fused-ring (bicyclic) bond motifs is 2. The highest BCUT2D eigenvalue weighted by molar-refractivity contribution is 6.03. The van der Waals surface area contributed by atoms with E-state index in [-0.39, 0.29) is 69.6 Å². The Morgan fingerprint density at radius 3 is 2.28 bits per heavy atom. The van der Waals surface area contributed by atoms with Gasteiger partial charge in [0.25, 0.3) is 0 Å². The van der Waals surface area contributed by atoms with Gasteiger partial charge in [0.15, 0.2) is 0 Å². The van der Waals surface area contributed by atoms with Gasteiger partial charge in [0.2, 0.25) is 5.79 Å². The number of unbranched alkanes of at least 4 members (excludes halogenated alkanes) is 2. The second-order valence-corrected chi connectivity index (χ2v) is 17.4. The molecule has 3 aliphatic rings. The molecule has 1 heterocycles. The van der Waals surface area contributed by atoms with Crippen molar-refractivity contribution in [1.29, 1.82) is 0 Å². The summed E-state index contributed by atoms with van der Waals surface area (Å²) in [4.78, 5) is 35.6. The molecule has 3 N–H and O–H groups in total. The SMILES string of the molecule is C=CCO[C@@]12Oc3ccc(OC(=O)Nc4ccc(OC)cc4OC)cc3[C@H]3[C@H](CCCCO)[C@@H](CCCCO)C=C(C(=NOCc4ccccc4)C[C@@H]1N(C)C(=O)OCCOCc1ccccc1)[C@H]32. The van der Waals surface area contributed by atoms with Crippen LogP contribution in [0.25, 0.3) is 0 Å². The van der Waals surface area contributed by atoms with Gasteiger partial charge in [-0.15, -0.1) is 6.58 Å². The average molecular weight is 948 g/mol. The zero-order valence-corrected chi connectivity index (χ0v) is 39.8. The van der Waals surface area contributed by atoms with Gasteiger partial charge in [0.1, 0.15) is 42.3 Å². The quantitative estimate of drug-likeness (QED) is 0.0345. The maximum Gasteiger partial charge on any atom is 0.417 e. The Bertz CT molecular complexity index is 2380. The van der Waals surface area contributed by atoms with Gasteiger partial charge in [-0.2, -0.15) is 0 Å². The number of hydrogen-bond donors (Lipinski definition) is 3. The molecule has 0 spiro atoms. The molecule has 6 atom stereocenters. The smallest absolute Gasteiger partial charge is 0.417 e. The van der Waals surface area contributed by atoms with E-state index in [1.165, 1.54) is 12.0 Å². The van der Waals surface area contributed by atoms with E-state index in [2.05, 4.69) is 18.0 Å². The van der Waals surface area contributed by atoms with Crippen molar-refractivity contribution >= 4 is 23.6 Å². The number of carbonyl (C=O) groups excluding carboxylic acids is 2. The number of ether oxygens (including phenoxy) is 7. The van der Waals surface area contributed by atoms with Crippen molar-refractivity contribution in [2.24, 2.45) is 22.9 Å². The molecule has 0 aromatic heterocycles. The number of nitrogens with one attached hydrogen (secondary N) is 1. The predicted octanol–water partition coefficient (Wildman–Crippen LogP) is 9.43. The third kappa shape index (κ3) is 12.3. The first-order valence-corrected chi connectivity index (χ1v) is 23.7. The highest BCUT2D eigenvalue weighted by atomic mass is 16.7. The number of oxime groups is 1. The fourth-order valence-corrected chi connectivity index (χ4v) is 9.88. The highest BCUT2D eigenvalue weighted by Crippen LogP contribution is 2.62. The van der Waals surface area contributed by atoms with Crippen LogP contribution in [-0.4, -0.2) is 99.1 Å². The van der Waals surface area contributed by atoms with Gasteiger partial charge in [-0.05, 0) is 84.6 Å². The predicted molar refractivity (Wildman–Crippen MR) is 261 cm³/mol. The summed E-state index contributed by atoms with van der Waals surface area (Å²) in [6.45, 7) is 4.97. The molecule has 0 unspecified atom stereocenters. The minimum absolute atomic E-state index is 0.00925. The number of allylic oxidation sites excluding steroid dienone is 1. The molecule has 1 aliphatic heterocycles. The number of benzene rings is 4. The van der Waals surface area contributed by atoms with E-state index in [4.69, 9.17) is 43.2 Å². The topological polar surface area (TPSA) is 176 Å². The average Bonchev–Trinajstić information content (AvgIpc) is 3.37. The molecular weight excluding hydrogens is 883 g/mol. The highest BCUT2D eigenvalue weighted by Gasteiger charge is 2.65. The number of methoxy groups -OCH3 is 2. The Balaban J connectivity index is 1.30. The van der Waals surface area contributed by atoms with Crippen molar-refractivity contribution in [2.75, 3.05) is 59.6 Å². The van der Waals surface area contributed by atoms with Gasteiger partial charge in [-0.25, -0.2) is 9.59 Å². The summed E-state index contributed by atoms with van der Waals surface area (Å²) < 4.78 is 42.8. The van der Waals surface area contributed by atoms with Crippen molar-refractivity contribution in [3.05, 3.63) is 138 Å². The number of anilines is 1. The second-order valence-electron chi connectivity index (χ2n) is 17.4. The number of hydrogen-bond acceptors (Lipinski definition) is 13. The fourth-order valence-electron chi connectivity index (χ4n) is 9.88. The molecule has 0 saturated heterocycles. The number of aliphatic hydroxyl groups excluding tert-OH is 2. The first kappa shape index (κ1) is 50.5. The summed E-state index contributed by atoms with van der Waals surface area (Å²) in [7, 11) is 4.72. The van der Waals surface area contributed by atoms with Crippen LogP contribution in [0.3, 0.4) is 0 Å². The van der Waals surface area contributed by atoms with E-state index in [1.807, 2.05) is 66.7 Å². The molecule has 69 heavy (non-hydrogen) atoms. The Labute approximate surface area is 404 Å². The van der Waals surface area contributed by atoms with Gasteiger partial charge in [0, 0.05) is 44.2 Å². The molecule has 1 saturated carbocycles. The van der Waals surface area contributed by atoms with Crippen molar-refractivity contribution in [1.82, 2.24) is 4.90 Å². The molecule has 0 radical (unpaired) electrons. The molecule has 15 heteroatoms. The van der Waals surface area contributed by atoms with Crippen LogP contribution in [0.1, 0.15) is 67.6 Å². The Hall–Kier alpha value is -6.39. The van der Waals surface area contributed by atoms with E-state index >= 15 is 0 Å². The summed E-state index contributed by atoms with van der Waals surface area (Å²) in [5.74, 6) is -0.816. The fraction of sp³-hybridized carbons (Fsp3) is 0.426. The Morgan fingerprint density at radius 1 is 0.870 bits per heavy atom. The number of aliphatic hydroxyl groups is 2. The molecule has 368 valence electrons. The summed E-state index contributed by atoms with van der Waals surface area (Å²) in [5, 5.41) is 27.6. The molecule has 7 rings (SSSR count). The number of carbonyl (C=O) groups is 2. The summed E-state index contributed by atoms with van der Waals surface area (Å²) in [6.07, 6.45) is 6.96. The lowest BCUT2D eigenvalue weighted by molar-refractivity contribution is -0.253. The third-order valence-electron chi connectivity index (χ3n) is 13.1. The molecule has 15 nitrogen and oxygen atoms in total. The second kappa shape index (κ2) is 24.8. The maximum absolute atomic E-state index is 14.3. The molecule has 4 aromatic rings. The summed E-state index contributed by atoms with van der Waals surface area (Å²) >= 11 is 0. The lowest BCUT2D eigenvalue weighted by Crippen LogP contribution is -2.69. The van der Waals surface area contributed by atoms with Crippen molar-refractivity contribution in [3.63, 3.8) is 0 Å². The van der Waals surface area contributed by atoms with Gasteiger partial charge >= 0.3 is 12.2 Å². The van der Waals surface area contributed by atoms with Crippen molar-refractivity contribution < 1.29 is 57.8 Å². The van der Waals surface area contributed by atoms with Crippen LogP contribution in [0, 0.1) is 17.8 Å². The first-order valence-electron chi connectivity index (χ1n) is 23.7. The molecule has 1 fully saturated rings. The minimum atomic E-state index is -1.51. The van der Waals surface area contributed by atoms with Gasteiger partial charge < -0.3 is 53.1 Å². The van der Waals surface area contributed by atoms with E-state index in [0.29, 0.717) is 48.1 Å². The zero-order chi connectivity index (χ0) is 48.6. The number of rotatable bonds is 24. The van der Waals surface area contributed by atoms with Crippen LogP contribution < -0.4 is 24.3 Å². The number of likely N-dealkylation sites (N-methyl/N-ethyl adjacent to an activating group) is 1. The maximum atomic E-state index is 14.3. The van der Waals surface area contributed by atoms with Crippen LogP contribution in [-0.2, 0) is 32.3 Å². The van der Waals surface area contributed by atoms with Crippen LogP contribution in [0.5, 0.6) is 23.0 Å². The van der Waals surface area contributed by atoms with Crippen molar-refractivity contribution in [2.45, 2.75) is 75.9 Å². The summed E-state index contributed by atoms with van der Waals surface area (Å²) in [5.41, 5.74) is 4.60. The minimum Gasteiger partial charge on any atom is -0.497 e. The largest absolute Gasteiger partial charge is 0.497 e. The zero-order valence-electron chi connectivity index (χ0n) is 39.8. The van der Waals surface area contributed by atoms with Gasteiger partial charge in [-0.3, -0.25) is 5.32 Å². The van der Waals surface area contributed by atoms with E-state index < -0.39 is 29.9 Å². The van der Waals surface area contributed by atoms with Crippen LogP contribution in [0.4, 0.5) is 15.3 Å². The van der Waals surface area contributed by atoms with Crippen LogP contribution >= 0.6 is 0 Å². The summed E-state index contributed by atoms with van der Waals surface area (Å²) in [6, 6.07) is 29.0. The Kier molecular flexibility index (Phi) is 18.1. The van der Waals surface area contributed by atoms with Crippen LogP contribution in [0.15, 0.2) is 127 Å². The number of nitrogens with zero attached hydrogens (tertiary/aromatic N) is 2. The van der Waals surface area contributed by atoms with E-state index in [9.17, 15) is 19.8 Å². The van der Waals surface area contributed by atoms with E-state index in [1.54, 1.807) is 50.6 Å². The molecule has 2 aliphatic carbocycles. The molecule has 0 bridgehead atoms. The lowest BCUT2D eigenvalue weighted by Gasteiger charge is -2.59. The molecule has 2 amide bonds. The van der Waals surface area contributed by atoms with Crippen LogP contribution in [0.2, 0.25) is 0 Å². The first-order chi connectivity index (χ1) is 33.7. The number of amides is 2. The third-order valence-corrected chi connectivity index (χ3v) is 13.1. The molecule has 4 aromatic carbocycles. The molecular formula is C54H65N3O12. The lowest BCUT2D eigenvalue weighted by atomic mass is 9.55. The monoisotopic (exact) mass is 947 g/mol. The van der Waals surface area contributed by atoms with Gasteiger partial charge in [0.05, 0.1) is 51.4 Å². The standard InChI is InChI=1S/C54H65N3O12/c1-5-28-66-54-49(57(2)53(61)65-30-29-64-35-37-16-8-6-9-17-37)34-46(56-67-36-38-18-10-7-11-19-38)43-31-39(20-12-14-26-58)42(21-13-15-27-59)50(51(43)54)44-32-41(23-25-47(44)69-54)68-52(60)55-45-24-22-40(62-3)33-48(45)63-4/h5-11,16-19,22-25,31-33,39,42,49-51,58-59H,1,12-15,20-21,26-30,34-36H2,2-4H3,(H,55,60)/t39-,42+,49-,50+,51+,54+/m0/s1. The van der Waals surface area contributed by atoms with Gasteiger partial charge in [-0.1, -0.05) is 90.8 Å². The van der Waals surface area contributed by atoms with E-state index in [0.717, 1.165) is 47.9 Å².